The molecule has 94 valence electrons. The van der Waals surface area contributed by atoms with E-state index in [1.165, 1.54) is 6.20 Å². The van der Waals surface area contributed by atoms with Crippen LogP contribution in [0.15, 0.2) is 18.3 Å². The number of nitrogens with zero attached hydrogens (tertiary/aromatic N) is 1. The number of carbonyl (C=O) groups is 1. The third-order valence-corrected chi connectivity index (χ3v) is 1.86. The fraction of sp³-hybridized carbons (Fsp3) is 0.500. The van der Waals surface area contributed by atoms with E-state index in [9.17, 15) is 4.79 Å². The van der Waals surface area contributed by atoms with E-state index in [0.717, 1.165) is 5.69 Å². The quantitative estimate of drug-likeness (QED) is 0.843. The lowest BCUT2D eigenvalue weighted by Crippen LogP contribution is -2.33. The Labute approximate surface area is 101 Å². The van der Waals surface area contributed by atoms with Crippen LogP contribution in [0.25, 0.3) is 0 Å². The summed E-state index contributed by atoms with van der Waals surface area (Å²) in [6.07, 6.45) is 1.54. The summed E-state index contributed by atoms with van der Waals surface area (Å²) in [5.41, 5.74) is 0.319. The molecule has 1 aromatic rings. The Morgan fingerprint density at radius 3 is 2.71 bits per heavy atom. The molecule has 0 aromatic carbocycles. The van der Waals surface area contributed by atoms with Gasteiger partial charge in [-0.25, -0.2) is 4.79 Å². The predicted octanol–water partition coefficient (Wildman–Crippen LogP) is 1.85. The first kappa shape index (κ1) is 13.3. The number of aromatic nitrogens is 1. The second kappa shape index (κ2) is 5.52. The number of aromatic hydroxyl groups is 1. The van der Waals surface area contributed by atoms with Crippen molar-refractivity contribution in [2.45, 2.75) is 32.8 Å². The molecule has 0 aliphatic rings. The predicted molar refractivity (Wildman–Crippen MR) is 63.8 cm³/mol. The first-order valence-corrected chi connectivity index (χ1v) is 5.47. The number of pyridine rings is 1. The Bertz CT molecular complexity index is 368. The van der Waals surface area contributed by atoms with Crippen LogP contribution in [0.4, 0.5) is 4.79 Å². The van der Waals surface area contributed by atoms with Gasteiger partial charge < -0.3 is 15.2 Å². The van der Waals surface area contributed by atoms with Crippen LogP contribution in [0.2, 0.25) is 0 Å². The van der Waals surface area contributed by atoms with Gasteiger partial charge in [0, 0.05) is 18.7 Å². The lowest BCUT2D eigenvalue weighted by Gasteiger charge is -2.19. The smallest absolute Gasteiger partial charge is 0.407 e. The van der Waals surface area contributed by atoms with Gasteiger partial charge in [-0.3, -0.25) is 4.98 Å². The van der Waals surface area contributed by atoms with Crippen molar-refractivity contribution in [2.75, 3.05) is 6.54 Å². The average Bonchev–Trinajstić information content (AvgIpc) is 2.18. The molecule has 2 N–H and O–H groups in total. The van der Waals surface area contributed by atoms with Crippen molar-refractivity contribution in [1.29, 1.82) is 0 Å². The van der Waals surface area contributed by atoms with E-state index < -0.39 is 11.7 Å². The topological polar surface area (TPSA) is 71.5 Å². The normalized spacial score (nSPS) is 11.0. The van der Waals surface area contributed by atoms with E-state index in [1.807, 2.05) is 20.8 Å². The summed E-state index contributed by atoms with van der Waals surface area (Å²) in [5.74, 6) is 0.133. The van der Waals surface area contributed by atoms with Crippen LogP contribution >= 0.6 is 0 Å². The fourth-order valence-corrected chi connectivity index (χ4v) is 1.17. The number of alkyl carbamates (subject to hydrolysis) is 1. The fourth-order valence-electron chi connectivity index (χ4n) is 1.17. The van der Waals surface area contributed by atoms with Crippen molar-refractivity contribution in [3.63, 3.8) is 0 Å². The lowest BCUT2D eigenvalue weighted by atomic mass is 10.2. The van der Waals surface area contributed by atoms with Crippen LogP contribution in [0.5, 0.6) is 5.75 Å². The van der Waals surface area contributed by atoms with Crippen molar-refractivity contribution < 1.29 is 14.6 Å². The second-order valence-electron chi connectivity index (χ2n) is 4.69. The minimum absolute atomic E-state index is 0.133. The zero-order valence-electron chi connectivity index (χ0n) is 10.4. The van der Waals surface area contributed by atoms with Crippen LogP contribution in [0.3, 0.4) is 0 Å². The van der Waals surface area contributed by atoms with E-state index >= 15 is 0 Å². The second-order valence-corrected chi connectivity index (χ2v) is 4.69. The molecule has 1 heterocycles. The van der Waals surface area contributed by atoms with Gasteiger partial charge in [0.05, 0.1) is 6.20 Å². The summed E-state index contributed by atoms with van der Waals surface area (Å²) in [7, 11) is 0. The molecule has 5 nitrogen and oxygen atoms in total. The first-order valence-electron chi connectivity index (χ1n) is 5.47. The molecular weight excluding hydrogens is 220 g/mol. The highest BCUT2D eigenvalue weighted by atomic mass is 16.6. The molecule has 0 radical (unpaired) electrons. The lowest BCUT2D eigenvalue weighted by molar-refractivity contribution is 0.0528. The zero-order chi connectivity index (χ0) is 12.9. The molecule has 0 aliphatic heterocycles. The van der Waals surface area contributed by atoms with E-state index in [4.69, 9.17) is 9.84 Å². The SMILES string of the molecule is CC(C)(C)OC(=O)NCCc1ccc(O)cn1. The van der Waals surface area contributed by atoms with Gasteiger partial charge in [0.1, 0.15) is 11.4 Å². The van der Waals surface area contributed by atoms with E-state index in [0.29, 0.717) is 13.0 Å². The van der Waals surface area contributed by atoms with Gasteiger partial charge in [-0.15, -0.1) is 0 Å². The maximum absolute atomic E-state index is 11.3. The molecule has 0 saturated heterocycles. The third kappa shape index (κ3) is 5.75. The minimum Gasteiger partial charge on any atom is -0.506 e. The molecule has 0 saturated carbocycles. The highest BCUT2D eigenvalue weighted by Gasteiger charge is 2.15. The number of nitrogens with one attached hydrogen (secondary N) is 1. The summed E-state index contributed by atoms with van der Waals surface area (Å²) in [4.78, 5) is 15.3. The highest BCUT2D eigenvalue weighted by molar-refractivity contribution is 5.67. The highest BCUT2D eigenvalue weighted by Crippen LogP contribution is 2.07. The largest absolute Gasteiger partial charge is 0.506 e. The number of ether oxygens (including phenoxy) is 1. The van der Waals surface area contributed by atoms with Gasteiger partial charge in [-0.05, 0) is 32.9 Å². The minimum atomic E-state index is -0.485. The van der Waals surface area contributed by atoms with Gasteiger partial charge in [0.2, 0.25) is 0 Å². The van der Waals surface area contributed by atoms with Crippen molar-refractivity contribution in [3.05, 3.63) is 24.0 Å². The molecule has 0 unspecified atom stereocenters. The maximum atomic E-state index is 11.3. The molecule has 0 fully saturated rings. The molecule has 0 bridgehead atoms. The number of rotatable bonds is 3. The maximum Gasteiger partial charge on any atom is 0.407 e. The van der Waals surface area contributed by atoms with Crippen LogP contribution in [-0.4, -0.2) is 28.3 Å². The Kier molecular flexibility index (Phi) is 4.31. The Morgan fingerprint density at radius 1 is 1.47 bits per heavy atom. The van der Waals surface area contributed by atoms with Gasteiger partial charge in [0.25, 0.3) is 0 Å². The zero-order valence-corrected chi connectivity index (χ0v) is 10.4. The van der Waals surface area contributed by atoms with Crippen molar-refractivity contribution in [3.8, 4) is 5.75 Å². The molecule has 1 aromatic heterocycles. The van der Waals surface area contributed by atoms with Crippen LogP contribution in [0, 0.1) is 0 Å². The van der Waals surface area contributed by atoms with Crippen LogP contribution < -0.4 is 5.32 Å². The number of amides is 1. The monoisotopic (exact) mass is 238 g/mol. The number of hydrogen-bond acceptors (Lipinski definition) is 4. The summed E-state index contributed by atoms with van der Waals surface area (Å²) in [6, 6.07) is 3.28. The van der Waals surface area contributed by atoms with Crippen LogP contribution in [-0.2, 0) is 11.2 Å². The molecule has 0 spiro atoms. The number of hydrogen-bond donors (Lipinski definition) is 2. The molecule has 1 rings (SSSR count). The van der Waals surface area contributed by atoms with E-state index in [-0.39, 0.29) is 5.75 Å². The van der Waals surface area contributed by atoms with E-state index in [2.05, 4.69) is 10.3 Å². The van der Waals surface area contributed by atoms with Gasteiger partial charge >= 0.3 is 6.09 Å². The van der Waals surface area contributed by atoms with Crippen molar-refractivity contribution in [2.24, 2.45) is 0 Å². The molecule has 1 amide bonds. The van der Waals surface area contributed by atoms with Gasteiger partial charge in [-0.2, -0.15) is 0 Å². The van der Waals surface area contributed by atoms with Gasteiger partial charge in [0.15, 0.2) is 0 Å². The van der Waals surface area contributed by atoms with Gasteiger partial charge in [-0.1, -0.05) is 0 Å². The Hall–Kier alpha value is -1.78. The molecule has 17 heavy (non-hydrogen) atoms. The molecule has 5 heteroatoms. The average molecular weight is 238 g/mol. The third-order valence-electron chi connectivity index (χ3n) is 1.86. The summed E-state index contributed by atoms with van der Waals surface area (Å²) in [6.45, 7) is 5.89. The Balaban J connectivity index is 2.28. The molecule has 0 atom stereocenters. The van der Waals surface area contributed by atoms with Crippen LogP contribution in [0.1, 0.15) is 26.5 Å². The molecular formula is C12H18N2O3. The van der Waals surface area contributed by atoms with Crippen molar-refractivity contribution in [1.82, 2.24) is 10.3 Å². The summed E-state index contributed by atoms with van der Waals surface area (Å²) < 4.78 is 5.08. The Morgan fingerprint density at radius 2 is 2.18 bits per heavy atom. The standard InChI is InChI=1S/C12H18N2O3/c1-12(2,3)17-11(16)13-7-6-9-4-5-10(15)8-14-9/h4-5,8,15H,6-7H2,1-3H3,(H,13,16). The molecule has 0 aliphatic carbocycles. The summed E-state index contributed by atoms with van der Waals surface area (Å²) >= 11 is 0. The van der Waals surface area contributed by atoms with Crippen molar-refractivity contribution >= 4 is 6.09 Å². The first-order chi connectivity index (χ1) is 7.87. The number of carbonyl (C=O) groups excluding carboxylic acids is 1. The summed E-state index contributed by atoms with van der Waals surface area (Å²) in [5, 5.41) is 11.7. The van der Waals surface area contributed by atoms with E-state index in [1.54, 1.807) is 12.1 Å².